The fraction of sp³-hybridized carbons (Fsp3) is 0.167. The maximum absolute atomic E-state index is 13.1. The highest BCUT2D eigenvalue weighted by molar-refractivity contribution is 7.09. The van der Waals surface area contributed by atoms with Crippen molar-refractivity contribution in [2.75, 3.05) is 5.32 Å². The normalized spacial score (nSPS) is 12.2. The molecular formula is C12H11ClFN3OS. The molecule has 0 saturated heterocycles. The van der Waals surface area contributed by atoms with Crippen LogP contribution in [-0.2, 0) is 0 Å². The minimum atomic E-state index is -0.516. The smallest absolute Gasteiger partial charge is 0.275 e. The Morgan fingerprint density at radius 2 is 2.26 bits per heavy atom. The summed E-state index contributed by atoms with van der Waals surface area (Å²) >= 11 is 7.01. The Hall–Kier alpha value is -1.50. The molecule has 2 aromatic rings. The number of nitrogens with one attached hydrogen (secondary N) is 1. The Bertz CT molecular complexity index is 595. The molecule has 1 unspecified atom stereocenters. The molecule has 4 nitrogen and oxygen atoms in total. The summed E-state index contributed by atoms with van der Waals surface area (Å²) in [5.41, 5.74) is 6.20. The van der Waals surface area contributed by atoms with E-state index in [4.69, 9.17) is 17.3 Å². The first-order chi connectivity index (χ1) is 8.95. The molecule has 1 amide bonds. The minimum Gasteiger partial charge on any atom is -0.322 e. The first kappa shape index (κ1) is 13.9. The van der Waals surface area contributed by atoms with Gasteiger partial charge < -0.3 is 11.1 Å². The van der Waals surface area contributed by atoms with E-state index in [1.165, 1.54) is 23.5 Å². The molecule has 0 radical (unpaired) electrons. The van der Waals surface area contributed by atoms with E-state index in [0.29, 0.717) is 5.01 Å². The van der Waals surface area contributed by atoms with Crippen molar-refractivity contribution in [3.63, 3.8) is 0 Å². The summed E-state index contributed by atoms with van der Waals surface area (Å²) in [7, 11) is 0. The third kappa shape index (κ3) is 3.50. The minimum absolute atomic E-state index is 0.213. The summed E-state index contributed by atoms with van der Waals surface area (Å²) in [6, 6.07) is 3.58. The number of carbonyl (C=O) groups excluding carboxylic acids is 1. The number of rotatable bonds is 3. The fourth-order valence-electron chi connectivity index (χ4n) is 1.42. The molecular weight excluding hydrogens is 289 g/mol. The van der Waals surface area contributed by atoms with Gasteiger partial charge in [-0.3, -0.25) is 4.79 Å². The van der Waals surface area contributed by atoms with Gasteiger partial charge in [-0.2, -0.15) is 0 Å². The van der Waals surface area contributed by atoms with Gasteiger partial charge in [0.1, 0.15) is 16.5 Å². The highest BCUT2D eigenvalue weighted by Gasteiger charge is 2.13. The van der Waals surface area contributed by atoms with Crippen molar-refractivity contribution < 1.29 is 9.18 Å². The third-order valence-corrected chi connectivity index (χ3v) is 3.53. The molecule has 3 N–H and O–H groups in total. The summed E-state index contributed by atoms with van der Waals surface area (Å²) in [6.45, 7) is 1.78. The van der Waals surface area contributed by atoms with E-state index < -0.39 is 11.7 Å². The summed E-state index contributed by atoms with van der Waals surface area (Å²) < 4.78 is 13.1. The number of nitrogens with two attached hydrogens (primary N) is 1. The van der Waals surface area contributed by atoms with E-state index in [9.17, 15) is 9.18 Å². The number of nitrogens with zero attached hydrogens (tertiary/aromatic N) is 1. The lowest BCUT2D eigenvalue weighted by Crippen LogP contribution is -2.13. The number of amides is 1. The molecule has 19 heavy (non-hydrogen) atoms. The van der Waals surface area contributed by atoms with E-state index in [1.807, 2.05) is 0 Å². The number of aromatic nitrogens is 1. The van der Waals surface area contributed by atoms with Gasteiger partial charge >= 0.3 is 0 Å². The maximum atomic E-state index is 13.1. The van der Waals surface area contributed by atoms with Gasteiger partial charge in [0.15, 0.2) is 0 Å². The molecule has 0 spiro atoms. The predicted octanol–water partition coefficient (Wildman–Crippen LogP) is 3.21. The average molecular weight is 300 g/mol. The van der Waals surface area contributed by atoms with Crippen molar-refractivity contribution in [2.24, 2.45) is 5.73 Å². The van der Waals surface area contributed by atoms with Crippen molar-refractivity contribution in [1.82, 2.24) is 4.98 Å². The zero-order valence-corrected chi connectivity index (χ0v) is 11.6. The zero-order valence-electron chi connectivity index (χ0n) is 9.98. The molecule has 7 heteroatoms. The molecule has 1 aromatic carbocycles. The second kappa shape index (κ2) is 5.64. The van der Waals surface area contributed by atoms with E-state index in [0.717, 1.165) is 6.07 Å². The van der Waals surface area contributed by atoms with Crippen molar-refractivity contribution in [3.05, 3.63) is 45.1 Å². The van der Waals surface area contributed by atoms with Gasteiger partial charge in [-0.05, 0) is 25.1 Å². The van der Waals surface area contributed by atoms with Gasteiger partial charge in [-0.1, -0.05) is 11.6 Å². The molecule has 0 aliphatic carbocycles. The molecule has 1 aromatic heterocycles. The van der Waals surface area contributed by atoms with Crippen LogP contribution in [0.15, 0.2) is 23.6 Å². The molecule has 0 bridgehead atoms. The molecule has 0 aliphatic rings. The second-order valence-electron chi connectivity index (χ2n) is 3.97. The number of hydrogen-bond acceptors (Lipinski definition) is 4. The number of benzene rings is 1. The van der Waals surface area contributed by atoms with Crippen LogP contribution < -0.4 is 11.1 Å². The van der Waals surface area contributed by atoms with E-state index in [-0.39, 0.29) is 22.4 Å². The van der Waals surface area contributed by atoms with Crippen molar-refractivity contribution >= 4 is 34.5 Å². The monoisotopic (exact) mass is 299 g/mol. The van der Waals surface area contributed by atoms with Crippen LogP contribution in [0.5, 0.6) is 0 Å². The average Bonchev–Trinajstić information content (AvgIpc) is 2.76. The number of anilines is 1. The van der Waals surface area contributed by atoms with Crippen LogP contribution in [0.1, 0.15) is 28.5 Å². The molecule has 0 aliphatic heterocycles. The number of thiazole rings is 1. The number of hydrogen-bond donors (Lipinski definition) is 2. The number of carbonyl (C=O) groups is 1. The van der Waals surface area contributed by atoms with Crippen LogP contribution in [0.3, 0.4) is 0 Å². The molecule has 1 heterocycles. The standard InChI is InChI=1S/C12H11ClFN3OS/c1-6(15)12-17-10(5-19-12)11(18)16-9-3-7(13)2-8(14)4-9/h2-6H,15H2,1H3,(H,16,18). The first-order valence-corrected chi connectivity index (χ1v) is 6.70. The highest BCUT2D eigenvalue weighted by Crippen LogP contribution is 2.20. The van der Waals surface area contributed by atoms with Gasteiger partial charge in [-0.25, -0.2) is 9.37 Å². The Balaban J connectivity index is 2.15. The quantitative estimate of drug-likeness (QED) is 0.914. The van der Waals surface area contributed by atoms with Crippen LogP contribution >= 0.6 is 22.9 Å². The lowest BCUT2D eigenvalue weighted by atomic mass is 10.3. The van der Waals surface area contributed by atoms with Gasteiger partial charge in [0.05, 0.1) is 6.04 Å². The summed E-state index contributed by atoms with van der Waals surface area (Å²) in [4.78, 5) is 16.0. The molecule has 100 valence electrons. The van der Waals surface area contributed by atoms with Crippen LogP contribution in [0.25, 0.3) is 0 Å². The van der Waals surface area contributed by atoms with Crippen LogP contribution in [-0.4, -0.2) is 10.9 Å². The van der Waals surface area contributed by atoms with Crippen molar-refractivity contribution in [2.45, 2.75) is 13.0 Å². The summed E-state index contributed by atoms with van der Waals surface area (Å²) in [5.74, 6) is -0.942. The lowest BCUT2D eigenvalue weighted by Gasteiger charge is -2.04. The predicted molar refractivity (Wildman–Crippen MR) is 74.1 cm³/mol. The zero-order chi connectivity index (χ0) is 14.0. The SMILES string of the molecule is CC(N)c1nc(C(=O)Nc2cc(F)cc(Cl)c2)cs1. The van der Waals surface area contributed by atoms with Crippen molar-refractivity contribution in [3.8, 4) is 0 Å². The fourth-order valence-corrected chi connectivity index (χ4v) is 2.40. The Morgan fingerprint density at radius 1 is 1.53 bits per heavy atom. The Labute approximate surface area is 118 Å². The van der Waals surface area contributed by atoms with E-state index in [1.54, 1.807) is 12.3 Å². The Kier molecular flexibility index (Phi) is 4.14. The Morgan fingerprint density at radius 3 is 2.84 bits per heavy atom. The second-order valence-corrected chi connectivity index (χ2v) is 5.30. The highest BCUT2D eigenvalue weighted by atomic mass is 35.5. The lowest BCUT2D eigenvalue weighted by molar-refractivity contribution is 0.102. The van der Waals surface area contributed by atoms with Gasteiger partial charge in [0.25, 0.3) is 5.91 Å². The molecule has 0 fully saturated rings. The van der Waals surface area contributed by atoms with Crippen LogP contribution in [0.2, 0.25) is 5.02 Å². The van der Waals surface area contributed by atoms with Crippen molar-refractivity contribution in [1.29, 1.82) is 0 Å². The summed E-state index contributed by atoms with van der Waals surface area (Å²) in [6.07, 6.45) is 0. The molecule has 1 atom stereocenters. The van der Waals surface area contributed by atoms with E-state index >= 15 is 0 Å². The topological polar surface area (TPSA) is 68.0 Å². The molecule has 2 rings (SSSR count). The molecule has 0 saturated carbocycles. The number of halogens is 2. The largest absolute Gasteiger partial charge is 0.322 e. The van der Waals surface area contributed by atoms with E-state index in [2.05, 4.69) is 10.3 Å². The third-order valence-electron chi connectivity index (χ3n) is 2.26. The van der Waals surface area contributed by atoms with Gasteiger partial charge in [0.2, 0.25) is 0 Å². The summed E-state index contributed by atoms with van der Waals surface area (Å²) in [5, 5.41) is 5.02. The maximum Gasteiger partial charge on any atom is 0.275 e. The van der Waals surface area contributed by atoms with Crippen LogP contribution in [0, 0.1) is 5.82 Å². The van der Waals surface area contributed by atoms with Gasteiger partial charge in [0, 0.05) is 16.1 Å². The van der Waals surface area contributed by atoms with Gasteiger partial charge in [-0.15, -0.1) is 11.3 Å². The first-order valence-electron chi connectivity index (χ1n) is 5.44. The van der Waals surface area contributed by atoms with Crippen LogP contribution in [0.4, 0.5) is 10.1 Å².